The number of nitrogens with zero attached hydrogens (tertiary/aromatic N) is 2. The SMILES string of the molecule is CC(C)(C)C(NC(=O)CC#N)C(=O)N1C[C@H]2[C@@H]([C@H]1C(=O)O)C2(C)C. The Morgan fingerprint density at radius 2 is 1.96 bits per heavy atom. The number of carboxylic acid groups (broad SMARTS) is 1. The number of fused-ring (bicyclic) bond motifs is 1. The third-order valence-corrected chi connectivity index (χ3v) is 5.40. The molecule has 0 aromatic heterocycles. The monoisotopic (exact) mass is 335 g/mol. The van der Waals surface area contributed by atoms with Crippen LogP contribution in [0.3, 0.4) is 0 Å². The number of likely N-dealkylation sites (tertiary alicyclic amines) is 1. The predicted octanol–water partition coefficient (Wildman–Crippen LogP) is 0.999. The summed E-state index contributed by atoms with van der Waals surface area (Å²) < 4.78 is 0. The number of carbonyl (C=O) groups excluding carboxylic acids is 2. The normalized spacial score (nSPS) is 28.5. The van der Waals surface area contributed by atoms with Gasteiger partial charge < -0.3 is 15.3 Å². The van der Waals surface area contributed by atoms with Crippen molar-refractivity contribution in [2.75, 3.05) is 6.54 Å². The molecule has 7 heteroatoms. The molecule has 1 aliphatic heterocycles. The highest BCUT2D eigenvalue weighted by Gasteiger charge is 2.70. The molecule has 0 aromatic rings. The van der Waals surface area contributed by atoms with Crippen molar-refractivity contribution in [2.24, 2.45) is 22.7 Å². The van der Waals surface area contributed by atoms with Crippen LogP contribution in [-0.4, -0.2) is 46.4 Å². The number of carbonyl (C=O) groups is 3. The minimum absolute atomic E-state index is 0.0469. The van der Waals surface area contributed by atoms with Crippen molar-refractivity contribution in [1.29, 1.82) is 5.26 Å². The second-order valence-electron chi connectivity index (χ2n) is 8.43. The summed E-state index contributed by atoms with van der Waals surface area (Å²) in [6.45, 7) is 9.86. The van der Waals surface area contributed by atoms with E-state index in [0.29, 0.717) is 6.54 Å². The molecular weight excluding hydrogens is 310 g/mol. The highest BCUT2D eigenvalue weighted by molar-refractivity contribution is 5.92. The molecule has 2 rings (SSSR count). The Hall–Kier alpha value is -2.10. The number of nitrogens with one attached hydrogen (secondary N) is 1. The highest BCUT2D eigenvalue weighted by Crippen LogP contribution is 2.64. The number of hydrogen-bond donors (Lipinski definition) is 2. The maximum absolute atomic E-state index is 13.0. The molecular formula is C17H25N3O4. The van der Waals surface area contributed by atoms with Crippen LogP contribution in [0.25, 0.3) is 0 Å². The Kier molecular flexibility index (Phi) is 4.38. The largest absolute Gasteiger partial charge is 0.480 e. The lowest BCUT2D eigenvalue weighted by Crippen LogP contribution is -2.58. The Bertz CT molecular complexity index is 614. The first-order chi connectivity index (χ1) is 10.9. The molecule has 0 aromatic carbocycles. The van der Waals surface area contributed by atoms with Crippen molar-refractivity contribution in [3.63, 3.8) is 0 Å². The van der Waals surface area contributed by atoms with Crippen LogP contribution in [0.1, 0.15) is 41.0 Å². The molecule has 0 spiro atoms. The van der Waals surface area contributed by atoms with Crippen LogP contribution in [0.2, 0.25) is 0 Å². The average Bonchev–Trinajstić information content (AvgIpc) is 2.83. The number of nitriles is 1. The van der Waals surface area contributed by atoms with Gasteiger partial charge in [0.05, 0.1) is 6.07 Å². The van der Waals surface area contributed by atoms with E-state index in [1.54, 1.807) is 26.8 Å². The fourth-order valence-electron chi connectivity index (χ4n) is 3.89. The summed E-state index contributed by atoms with van der Waals surface area (Å²) >= 11 is 0. The molecule has 1 saturated heterocycles. The summed E-state index contributed by atoms with van der Waals surface area (Å²) in [5, 5.41) is 20.8. The molecule has 0 radical (unpaired) electrons. The van der Waals surface area contributed by atoms with Crippen molar-refractivity contribution in [2.45, 2.75) is 53.1 Å². The van der Waals surface area contributed by atoms with E-state index in [1.165, 1.54) is 4.90 Å². The summed E-state index contributed by atoms with van der Waals surface area (Å²) in [6.07, 6.45) is -0.333. The molecule has 1 saturated carbocycles. The Balaban J connectivity index is 2.22. The molecule has 0 bridgehead atoms. The van der Waals surface area contributed by atoms with Crippen LogP contribution in [0.15, 0.2) is 0 Å². The first-order valence-electron chi connectivity index (χ1n) is 8.12. The lowest BCUT2D eigenvalue weighted by atomic mass is 9.85. The minimum Gasteiger partial charge on any atom is -0.480 e. The number of carboxylic acids is 1. The predicted molar refractivity (Wildman–Crippen MR) is 85.5 cm³/mol. The van der Waals surface area contributed by atoms with Gasteiger partial charge in [-0.05, 0) is 16.7 Å². The van der Waals surface area contributed by atoms with Crippen molar-refractivity contribution in [3.8, 4) is 6.07 Å². The van der Waals surface area contributed by atoms with Gasteiger partial charge in [-0.2, -0.15) is 5.26 Å². The summed E-state index contributed by atoms with van der Waals surface area (Å²) in [4.78, 5) is 37.9. The lowest BCUT2D eigenvalue weighted by molar-refractivity contribution is -0.152. The molecule has 4 atom stereocenters. The zero-order valence-electron chi connectivity index (χ0n) is 14.8. The third-order valence-electron chi connectivity index (χ3n) is 5.40. The van der Waals surface area contributed by atoms with Gasteiger partial charge in [0.15, 0.2) is 0 Å². The smallest absolute Gasteiger partial charge is 0.326 e. The molecule has 132 valence electrons. The Morgan fingerprint density at radius 1 is 1.38 bits per heavy atom. The van der Waals surface area contributed by atoms with Crippen LogP contribution >= 0.6 is 0 Å². The van der Waals surface area contributed by atoms with Gasteiger partial charge in [0.25, 0.3) is 0 Å². The summed E-state index contributed by atoms with van der Waals surface area (Å²) in [7, 11) is 0. The molecule has 2 aliphatic rings. The minimum atomic E-state index is -1.00. The quantitative estimate of drug-likeness (QED) is 0.796. The van der Waals surface area contributed by atoms with E-state index < -0.39 is 29.4 Å². The molecule has 2 amide bonds. The fourth-order valence-corrected chi connectivity index (χ4v) is 3.89. The van der Waals surface area contributed by atoms with Crippen molar-refractivity contribution >= 4 is 17.8 Å². The maximum atomic E-state index is 13.0. The summed E-state index contributed by atoms with van der Waals surface area (Å²) in [5.74, 6) is -1.78. The van der Waals surface area contributed by atoms with Gasteiger partial charge in [0, 0.05) is 12.5 Å². The lowest BCUT2D eigenvalue weighted by Gasteiger charge is -2.36. The molecule has 1 aliphatic carbocycles. The average molecular weight is 335 g/mol. The van der Waals surface area contributed by atoms with E-state index in [-0.39, 0.29) is 29.6 Å². The van der Waals surface area contributed by atoms with Crippen molar-refractivity contribution in [3.05, 3.63) is 0 Å². The van der Waals surface area contributed by atoms with E-state index >= 15 is 0 Å². The van der Waals surface area contributed by atoms with E-state index in [9.17, 15) is 19.5 Å². The second kappa shape index (κ2) is 5.76. The number of hydrogen-bond acceptors (Lipinski definition) is 4. The van der Waals surface area contributed by atoms with Gasteiger partial charge in [0.1, 0.15) is 18.5 Å². The van der Waals surface area contributed by atoms with Gasteiger partial charge in [-0.1, -0.05) is 34.6 Å². The van der Waals surface area contributed by atoms with Gasteiger partial charge in [0.2, 0.25) is 11.8 Å². The Labute approximate surface area is 142 Å². The highest BCUT2D eigenvalue weighted by atomic mass is 16.4. The van der Waals surface area contributed by atoms with Crippen molar-refractivity contribution < 1.29 is 19.5 Å². The van der Waals surface area contributed by atoms with E-state index in [1.807, 2.05) is 13.8 Å². The number of rotatable bonds is 4. The van der Waals surface area contributed by atoms with Crippen LogP contribution in [0.4, 0.5) is 0 Å². The summed E-state index contributed by atoms with van der Waals surface area (Å²) in [5.41, 5.74) is -0.658. The van der Waals surface area contributed by atoms with Gasteiger partial charge in [-0.15, -0.1) is 0 Å². The van der Waals surface area contributed by atoms with E-state index in [0.717, 1.165) is 0 Å². The zero-order valence-corrected chi connectivity index (χ0v) is 14.8. The van der Waals surface area contributed by atoms with Crippen LogP contribution in [-0.2, 0) is 14.4 Å². The van der Waals surface area contributed by atoms with E-state index in [4.69, 9.17) is 5.26 Å². The molecule has 7 nitrogen and oxygen atoms in total. The van der Waals surface area contributed by atoms with Crippen LogP contribution in [0, 0.1) is 34.0 Å². The molecule has 24 heavy (non-hydrogen) atoms. The first-order valence-corrected chi connectivity index (χ1v) is 8.12. The van der Waals surface area contributed by atoms with Crippen LogP contribution in [0.5, 0.6) is 0 Å². The maximum Gasteiger partial charge on any atom is 0.326 e. The van der Waals surface area contributed by atoms with Gasteiger partial charge in [-0.3, -0.25) is 9.59 Å². The molecule has 1 heterocycles. The number of piperidine rings is 1. The fraction of sp³-hybridized carbons (Fsp3) is 0.765. The topological polar surface area (TPSA) is 111 Å². The molecule has 2 N–H and O–H groups in total. The van der Waals surface area contributed by atoms with Gasteiger partial charge >= 0.3 is 5.97 Å². The summed E-state index contributed by atoms with van der Waals surface area (Å²) in [6, 6.07) is 0.0416. The molecule has 2 fully saturated rings. The standard InChI is InChI=1S/C17H25N3O4/c1-16(2,3)13(19-10(21)6-7-18)14(22)20-8-9-11(17(9,4)5)12(20)15(23)24/h9,11-13H,6,8H2,1-5H3,(H,19,21)(H,23,24)/t9-,11-,12-,13?/m0/s1. The van der Waals surface area contributed by atoms with E-state index in [2.05, 4.69) is 5.32 Å². The van der Waals surface area contributed by atoms with Crippen LogP contribution < -0.4 is 5.32 Å². The Morgan fingerprint density at radius 3 is 2.42 bits per heavy atom. The first kappa shape index (κ1) is 18.2. The van der Waals surface area contributed by atoms with Crippen molar-refractivity contribution in [1.82, 2.24) is 10.2 Å². The third kappa shape index (κ3) is 2.97. The zero-order chi connectivity index (χ0) is 18.4. The number of aliphatic carboxylic acids is 1. The molecule has 1 unspecified atom stereocenters. The number of amides is 2. The van der Waals surface area contributed by atoms with Gasteiger partial charge in [-0.25, -0.2) is 4.79 Å². The second-order valence-corrected chi connectivity index (χ2v) is 8.43.